The van der Waals surface area contributed by atoms with Crippen LogP contribution < -0.4 is 5.32 Å². The summed E-state index contributed by atoms with van der Waals surface area (Å²) >= 11 is 0. The Kier molecular flexibility index (Phi) is 8.10. The highest BCUT2D eigenvalue weighted by Crippen LogP contribution is 2.20. The van der Waals surface area contributed by atoms with Crippen molar-refractivity contribution in [2.45, 2.75) is 12.5 Å². The molecule has 158 valence electrons. The van der Waals surface area contributed by atoms with Gasteiger partial charge in [-0.15, -0.1) is 0 Å². The standard InChI is InChI=1S/C22H23NO7/c1-28-18(24)13-17(21(26)29-2)19(22(27)30-3)23-20(25)16-11-9-15(10-12-16)14-7-5-4-6-8-14/h4-12,17,19H,13H2,1-3H3,(H,23,25)/t17-,19+/m0/s1. The highest BCUT2D eigenvalue weighted by molar-refractivity contribution is 5.98. The molecule has 8 nitrogen and oxygen atoms in total. The maximum absolute atomic E-state index is 12.7. The molecule has 0 heterocycles. The van der Waals surface area contributed by atoms with E-state index in [1.54, 1.807) is 24.3 Å². The summed E-state index contributed by atoms with van der Waals surface area (Å²) in [6.07, 6.45) is -0.462. The number of rotatable bonds is 8. The van der Waals surface area contributed by atoms with Crippen LogP contribution in [0.2, 0.25) is 0 Å². The summed E-state index contributed by atoms with van der Waals surface area (Å²) in [5, 5.41) is 2.47. The van der Waals surface area contributed by atoms with Gasteiger partial charge in [-0.1, -0.05) is 42.5 Å². The Morgan fingerprint density at radius 1 is 0.767 bits per heavy atom. The first-order chi connectivity index (χ1) is 14.4. The van der Waals surface area contributed by atoms with Crippen LogP contribution >= 0.6 is 0 Å². The summed E-state index contributed by atoms with van der Waals surface area (Å²) in [6.45, 7) is 0. The van der Waals surface area contributed by atoms with Crippen molar-refractivity contribution < 1.29 is 33.4 Å². The quantitative estimate of drug-likeness (QED) is 0.521. The van der Waals surface area contributed by atoms with Crippen LogP contribution in [-0.4, -0.2) is 51.2 Å². The van der Waals surface area contributed by atoms with Crippen molar-refractivity contribution in [3.63, 3.8) is 0 Å². The Balaban J connectivity index is 2.24. The first-order valence-corrected chi connectivity index (χ1v) is 9.10. The van der Waals surface area contributed by atoms with Crippen LogP contribution in [0.1, 0.15) is 16.8 Å². The molecule has 2 aromatic carbocycles. The molecule has 8 heteroatoms. The molecular formula is C22H23NO7. The van der Waals surface area contributed by atoms with Gasteiger partial charge in [0.05, 0.1) is 33.7 Å². The second-order valence-corrected chi connectivity index (χ2v) is 6.33. The SMILES string of the molecule is COC(=O)C[C@H](C(=O)OC)[C@@H](NC(=O)c1ccc(-c2ccccc2)cc1)C(=O)OC. The Hall–Kier alpha value is -3.68. The van der Waals surface area contributed by atoms with Crippen molar-refractivity contribution in [2.75, 3.05) is 21.3 Å². The Morgan fingerprint density at radius 2 is 1.33 bits per heavy atom. The summed E-state index contributed by atoms with van der Waals surface area (Å²) in [7, 11) is 3.38. The number of carbonyl (C=O) groups excluding carboxylic acids is 4. The smallest absolute Gasteiger partial charge is 0.329 e. The number of benzene rings is 2. The molecule has 0 saturated heterocycles. The number of hydrogen-bond acceptors (Lipinski definition) is 7. The third-order valence-electron chi connectivity index (χ3n) is 4.52. The number of nitrogens with one attached hydrogen (secondary N) is 1. The van der Waals surface area contributed by atoms with E-state index in [1.165, 1.54) is 0 Å². The lowest BCUT2D eigenvalue weighted by Gasteiger charge is -2.23. The minimum atomic E-state index is -1.43. The Morgan fingerprint density at radius 3 is 1.87 bits per heavy atom. The van der Waals surface area contributed by atoms with Gasteiger partial charge < -0.3 is 19.5 Å². The topological polar surface area (TPSA) is 108 Å². The van der Waals surface area contributed by atoms with Crippen LogP contribution in [0.4, 0.5) is 0 Å². The third kappa shape index (κ3) is 5.66. The van der Waals surface area contributed by atoms with Crippen LogP contribution in [0.15, 0.2) is 54.6 Å². The fourth-order valence-electron chi connectivity index (χ4n) is 2.87. The molecule has 0 saturated carbocycles. The zero-order chi connectivity index (χ0) is 22.1. The van der Waals surface area contributed by atoms with Gasteiger partial charge in [0.2, 0.25) is 0 Å². The van der Waals surface area contributed by atoms with E-state index in [1.807, 2.05) is 30.3 Å². The summed E-state index contributed by atoms with van der Waals surface area (Å²) in [4.78, 5) is 48.8. The number of methoxy groups -OCH3 is 3. The average Bonchev–Trinajstić information content (AvgIpc) is 2.80. The van der Waals surface area contributed by atoms with Gasteiger partial charge in [-0.3, -0.25) is 14.4 Å². The fraction of sp³-hybridized carbons (Fsp3) is 0.273. The molecule has 0 spiro atoms. The average molecular weight is 413 g/mol. The van der Waals surface area contributed by atoms with Crippen LogP contribution in [0.5, 0.6) is 0 Å². The van der Waals surface area contributed by atoms with Gasteiger partial charge in [0.25, 0.3) is 5.91 Å². The fourth-order valence-corrected chi connectivity index (χ4v) is 2.87. The van der Waals surface area contributed by atoms with E-state index < -0.39 is 42.2 Å². The van der Waals surface area contributed by atoms with E-state index in [0.717, 1.165) is 32.5 Å². The zero-order valence-electron chi connectivity index (χ0n) is 16.9. The maximum atomic E-state index is 12.7. The van der Waals surface area contributed by atoms with Gasteiger partial charge in [-0.25, -0.2) is 4.79 Å². The monoisotopic (exact) mass is 413 g/mol. The molecule has 0 bridgehead atoms. The van der Waals surface area contributed by atoms with Crippen molar-refractivity contribution >= 4 is 23.8 Å². The van der Waals surface area contributed by atoms with Gasteiger partial charge in [0, 0.05) is 5.56 Å². The molecule has 1 amide bonds. The van der Waals surface area contributed by atoms with Crippen molar-refractivity contribution in [3.05, 3.63) is 60.2 Å². The molecule has 0 radical (unpaired) electrons. The lowest BCUT2D eigenvalue weighted by molar-refractivity contribution is -0.158. The van der Waals surface area contributed by atoms with E-state index in [4.69, 9.17) is 4.74 Å². The number of hydrogen-bond donors (Lipinski definition) is 1. The van der Waals surface area contributed by atoms with Gasteiger partial charge in [-0.2, -0.15) is 0 Å². The highest BCUT2D eigenvalue weighted by atomic mass is 16.5. The maximum Gasteiger partial charge on any atom is 0.329 e. The van der Waals surface area contributed by atoms with Gasteiger partial charge >= 0.3 is 17.9 Å². The van der Waals surface area contributed by atoms with E-state index in [0.29, 0.717) is 0 Å². The normalized spacial score (nSPS) is 12.2. The first kappa shape index (κ1) is 22.6. The molecule has 30 heavy (non-hydrogen) atoms. The Labute approximate surface area is 174 Å². The minimum absolute atomic E-state index is 0.269. The van der Waals surface area contributed by atoms with Crippen LogP contribution in [0.3, 0.4) is 0 Å². The Bertz CT molecular complexity index is 893. The third-order valence-corrected chi connectivity index (χ3v) is 4.52. The molecular weight excluding hydrogens is 390 g/mol. The second-order valence-electron chi connectivity index (χ2n) is 6.33. The first-order valence-electron chi connectivity index (χ1n) is 9.10. The second kappa shape index (κ2) is 10.8. The minimum Gasteiger partial charge on any atom is -0.469 e. The molecule has 2 aromatic rings. The van der Waals surface area contributed by atoms with Crippen LogP contribution in [-0.2, 0) is 28.6 Å². The van der Waals surface area contributed by atoms with Crippen molar-refractivity contribution in [1.29, 1.82) is 0 Å². The highest BCUT2D eigenvalue weighted by Gasteiger charge is 2.38. The molecule has 1 N–H and O–H groups in total. The predicted molar refractivity (Wildman–Crippen MR) is 107 cm³/mol. The number of esters is 3. The van der Waals surface area contributed by atoms with Crippen LogP contribution in [0, 0.1) is 5.92 Å². The van der Waals surface area contributed by atoms with E-state index in [9.17, 15) is 19.2 Å². The van der Waals surface area contributed by atoms with Gasteiger partial charge in [-0.05, 0) is 23.3 Å². The largest absolute Gasteiger partial charge is 0.469 e. The molecule has 0 unspecified atom stereocenters. The van der Waals surface area contributed by atoms with Crippen molar-refractivity contribution in [3.8, 4) is 11.1 Å². The molecule has 2 atom stereocenters. The van der Waals surface area contributed by atoms with Gasteiger partial charge in [0.1, 0.15) is 6.04 Å². The number of ether oxygens (including phenoxy) is 3. The van der Waals surface area contributed by atoms with Crippen LogP contribution in [0.25, 0.3) is 11.1 Å². The summed E-state index contributed by atoms with van der Waals surface area (Å²) in [6, 6.07) is 14.9. The number of carbonyl (C=O) groups is 4. The molecule has 0 fully saturated rings. The molecule has 0 aliphatic heterocycles. The molecule has 2 rings (SSSR count). The van der Waals surface area contributed by atoms with Crippen molar-refractivity contribution in [2.24, 2.45) is 5.92 Å². The van der Waals surface area contributed by atoms with E-state index >= 15 is 0 Å². The van der Waals surface area contributed by atoms with Gasteiger partial charge in [0.15, 0.2) is 0 Å². The van der Waals surface area contributed by atoms with E-state index in [2.05, 4.69) is 14.8 Å². The lowest BCUT2D eigenvalue weighted by atomic mass is 9.95. The molecule has 0 aliphatic carbocycles. The summed E-state index contributed by atoms with van der Waals surface area (Å²) < 4.78 is 14.0. The van der Waals surface area contributed by atoms with Crippen molar-refractivity contribution in [1.82, 2.24) is 5.32 Å². The molecule has 0 aromatic heterocycles. The predicted octanol–water partition coefficient (Wildman–Crippen LogP) is 1.98. The van der Waals surface area contributed by atoms with E-state index in [-0.39, 0.29) is 5.56 Å². The lowest BCUT2D eigenvalue weighted by Crippen LogP contribution is -2.50. The summed E-state index contributed by atoms with van der Waals surface area (Å²) in [5.41, 5.74) is 2.17. The zero-order valence-corrected chi connectivity index (χ0v) is 16.9. The number of amides is 1. The molecule has 0 aliphatic rings. The summed E-state index contributed by atoms with van der Waals surface area (Å²) in [5.74, 6) is -4.38.